The fraction of sp³-hybridized carbons (Fsp3) is 0.542. The Balaban J connectivity index is 1.36. The lowest BCUT2D eigenvalue weighted by Crippen LogP contribution is -2.42. The Morgan fingerprint density at radius 3 is 2.65 bits per heavy atom. The van der Waals surface area contributed by atoms with Gasteiger partial charge in [-0.25, -0.2) is 0 Å². The summed E-state index contributed by atoms with van der Waals surface area (Å²) >= 11 is 1.67. The quantitative estimate of drug-likeness (QED) is 0.242. The molecule has 3 rings (SSSR count). The van der Waals surface area contributed by atoms with E-state index in [1.165, 1.54) is 6.07 Å². The number of halogens is 3. The molecule has 0 bridgehead atoms. The van der Waals surface area contributed by atoms with Crippen LogP contribution < -0.4 is 5.32 Å². The van der Waals surface area contributed by atoms with Crippen molar-refractivity contribution in [2.45, 2.75) is 69.2 Å². The predicted octanol–water partition coefficient (Wildman–Crippen LogP) is 5.71. The van der Waals surface area contributed by atoms with Crippen molar-refractivity contribution in [3.05, 3.63) is 47.9 Å². The average Bonchev–Trinajstić information content (AvgIpc) is 3.24. The molecular weight excluding hydrogens is 463 g/mol. The molecule has 0 saturated heterocycles. The van der Waals surface area contributed by atoms with Gasteiger partial charge in [-0.1, -0.05) is 24.1 Å². The van der Waals surface area contributed by atoms with Gasteiger partial charge in [0.05, 0.1) is 23.4 Å². The number of aromatic nitrogens is 4. The minimum atomic E-state index is -4.36. The third-order valence-corrected chi connectivity index (χ3v) is 6.57. The Morgan fingerprint density at radius 2 is 1.88 bits per heavy atom. The normalized spacial score (nSPS) is 12.5. The van der Waals surface area contributed by atoms with E-state index >= 15 is 0 Å². The Kier molecular flexibility index (Phi) is 9.32. The maximum Gasteiger partial charge on any atom is 0.416 e. The van der Waals surface area contributed by atoms with E-state index in [0.29, 0.717) is 18.7 Å². The number of fused-ring (bicyclic) bond motifs is 1. The molecule has 0 atom stereocenters. The van der Waals surface area contributed by atoms with Gasteiger partial charge in [-0.15, -0.1) is 16.9 Å². The number of hydrogen-bond acceptors (Lipinski definition) is 6. The zero-order valence-corrected chi connectivity index (χ0v) is 20.7. The second-order valence-electron chi connectivity index (χ2n) is 8.94. The summed E-state index contributed by atoms with van der Waals surface area (Å²) in [5.41, 5.74) is 0.503. The zero-order valence-electron chi connectivity index (χ0n) is 19.9. The van der Waals surface area contributed by atoms with Crippen LogP contribution in [0.1, 0.15) is 50.8 Å². The Hall–Kier alpha value is -2.17. The van der Waals surface area contributed by atoms with Crippen molar-refractivity contribution in [3.8, 4) is 0 Å². The molecule has 0 aliphatic heterocycles. The lowest BCUT2D eigenvalue weighted by molar-refractivity contribution is -0.137. The molecule has 2 aromatic heterocycles. The van der Waals surface area contributed by atoms with Crippen molar-refractivity contribution < 1.29 is 17.9 Å². The van der Waals surface area contributed by atoms with Gasteiger partial charge in [0.2, 0.25) is 0 Å². The van der Waals surface area contributed by atoms with Gasteiger partial charge in [-0.05, 0) is 50.6 Å². The second-order valence-corrected chi connectivity index (χ2v) is 10.1. The highest BCUT2D eigenvalue weighted by molar-refractivity contribution is 7.99. The number of rotatable bonds is 13. The number of aryl methyl sites for hydroxylation is 1. The number of benzene rings is 1. The first kappa shape index (κ1) is 26.4. The summed E-state index contributed by atoms with van der Waals surface area (Å²) in [6.07, 6.45) is 3.43. The summed E-state index contributed by atoms with van der Waals surface area (Å²) < 4.78 is 45.9. The molecule has 0 fully saturated rings. The van der Waals surface area contributed by atoms with E-state index in [9.17, 15) is 13.2 Å². The van der Waals surface area contributed by atoms with Gasteiger partial charge in [-0.2, -0.15) is 13.2 Å². The lowest BCUT2D eigenvalue weighted by atomic mass is 10.1. The van der Waals surface area contributed by atoms with E-state index in [2.05, 4.69) is 34.5 Å². The largest absolute Gasteiger partial charge is 0.416 e. The monoisotopic (exact) mass is 495 g/mol. The molecule has 0 aliphatic rings. The third kappa shape index (κ3) is 7.95. The predicted molar refractivity (Wildman–Crippen MR) is 129 cm³/mol. The number of alkyl halides is 3. The van der Waals surface area contributed by atoms with Gasteiger partial charge in [0.15, 0.2) is 0 Å². The lowest BCUT2D eigenvalue weighted by Gasteiger charge is -2.24. The second kappa shape index (κ2) is 12.0. The Bertz CT molecular complexity index is 1050. The standard InChI is InChI=1S/C24H32F3N5OS/c1-23(2,17-33-3)29-15-19-16-32(31-30-19)12-6-4-5-7-13-34-22-10-11-28-21-14-18(24(25,26)27)8-9-20(21)22/h8-11,14,16,29H,4-7,12-13,15,17H2,1-3H3. The van der Waals surface area contributed by atoms with Gasteiger partial charge >= 0.3 is 6.18 Å². The summed E-state index contributed by atoms with van der Waals surface area (Å²) in [4.78, 5) is 5.08. The van der Waals surface area contributed by atoms with Crippen LogP contribution in [-0.2, 0) is 24.0 Å². The van der Waals surface area contributed by atoms with Crippen LogP contribution in [0.4, 0.5) is 13.2 Å². The molecule has 1 aromatic carbocycles. The van der Waals surface area contributed by atoms with Crippen LogP contribution in [0.2, 0.25) is 0 Å². The fourth-order valence-electron chi connectivity index (χ4n) is 3.61. The smallest absolute Gasteiger partial charge is 0.383 e. The molecule has 186 valence electrons. The zero-order chi connectivity index (χ0) is 24.6. The van der Waals surface area contributed by atoms with E-state index in [-0.39, 0.29) is 5.54 Å². The van der Waals surface area contributed by atoms with E-state index < -0.39 is 11.7 Å². The van der Waals surface area contributed by atoms with Crippen LogP contribution in [0, 0.1) is 0 Å². The van der Waals surface area contributed by atoms with Gasteiger partial charge in [0, 0.05) is 48.4 Å². The van der Waals surface area contributed by atoms with Crippen molar-refractivity contribution in [1.82, 2.24) is 25.3 Å². The van der Waals surface area contributed by atoms with Crippen LogP contribution >= 0.6 is 11.8 Å². The van der Waals surface area contributed by atoms with Gasteiger partial charge in [-0.3, -0.25) is 9.67 Å². The first-order valence-corrected chi connectivity index (χ1v) is 12.4. The summed E-state index contributed by atoms with van der Waals surface area (Å²) in [6, 6.07) is 5.63. The summed E-state index contributed by atoms with van der Waals surface area (Å²) in [7, 11) is 1.69. The maximum absolute atomic E-state index is 12.9. The number of ether oxygens (including phenoxy) is 1. The van der Waals surface area contributed by atoms with Crippen LogP contribution in [0.25, 0.3) is 10.9 Å². The molecule has 2 heterocycles. The van der Waals surface area contributed by atoms with Crippen molar-refractivity contribution in [3.63, 3.8) is 0 Å². The molecule has 0 radical (unpaired) electrons. The summed E-state index contributed by atoms with van der Waals surface area (Å²) in [5.74, 6) is 0.913. The highest BCUT2D eigenvalue weighted by Crippen LogP contribution is 2.34. The molecule has 0 unspecified atom stereocenters. The number of nitrogens with one attached hydrogen (secondary N) is 1. The first-order valence-electron chi connectivity index (χ1n) is 11.4. The van der Waals surface area contributed by atoms with Gasteiger partial charge < -0.3 is 10.1 Å². The molecule has 0 spiro atoms. The number of unbranched alkanes of at least 4 members (excludes halogenated alkanes) is 3. The number of thioether (sulfide) groups is 1. The minimum absolute atomic E-state index is 0.120. The molecule has 34 heavy (non-hydrogen) atoms. The molecular formula is C24H32F3N5OS. The maximum atomic E-state index is 12.9. The van der Waals surface area contributed by atoms with Crippen LogP contribution in [-0.4, -0.2) is 45.0 Å². The van der Waals surface area contributed by atoms with Gasteiger partial charge in [0.25, 0.3) is 0 Å². The van der Waals surface area contributed by atoms with Crippen molar-refractivity contribution in [1.29, 1.82) is 0 Å². The molecule has 10 heteroatoms. The van der Waals surface area contributed by atoms with E-state index in [1.807, 2.05) is 16.9 Å². The van der Waals surface area contributed by atoms with Crippen molar-refractivity contribution in [2.24, 2.45) is 0 Å². The van der Waals surface area contributed by atoms with Crippen molar-refractivity contribution >= 4 is 22.7 Å². The first-order chi connectivity index (χ1) is 16.2. The third-order valence-electron chi connectivity index (χ3n) is 5.41. The van der Waals surface area contributed by atoms with E-state index in [4.69, 9.17) is 4.74 Å². The topological polar surface area (TPSA) is 64.9 Å². The van der Waals surface area contributed by atoms with Crippen LogP contribution in [0.15, 0.2) is 41.6 Å². The average molecular weight is 496 g/mol. The molecule has 6 nitrogen and oxygen atoms in total. The Morgan fingerprint density at radius 1 is 1.09 bits per heavy atom. The molecule has 3 aromatic rings. The van der Waals surface area contributed by atoms with Crippen molar-refractivity contribution in [2.75, 3.05) is 19.5 Å². The highest BCUT2D eigenvalue weighted by Gasteiger charge is 2.30. The summed E-state index contributed by atoms with van der Waals surface area (Å²) in [6.45, 7) is 6.27. The summed E-state index contributed by atoms with van der Waals surface area (Å²) in [5, 5.41) is 12.6. The highest BCUT2D eigenvalue weighted by atomic mass is 32.2. The SMILES string of the molecule is COCC(C)(C)NCc1cn(CCCCCCSc2ccnc3cc(C(F)(F)F)ccc23)nn1. The van der Waals surface area contributed by atoms with Crippen LogP contribution in [0.5, 0.6) is 0 Å². The van der Waals surface area contributed by atoms with Gasteiger partial charge in [0.1, 0.15) is 0 Å². The number of methoxy groups -OCH3 is 1. The Labute approximate surface area is 202 Å². The minimum Gasteiger partial charge on any atom is -0.383 e. The fourth-order valence-corrected chi connectivity index (χ4v) is 4.66. The number of nitrogens with zero attached hydrogens (tertiary/aromatic N) is 4. The molecule has 1 N–H and O–H groups in total. The van der Waals surface area contributed by atoms with E-state index in [1.54, 1.807) is 25.1 Å². The molecule has 0 aliphatic carbocycles. The molecule has 0 saturated carbocycles. The van der Waals surface area contributed by atoms with E-state index in [0.717, 1.165) is 66.1 Å². The number of hydrogen-bond donors (Lipinski definition) is 1. The number of pyridine rings is 1. The van der Waals surface area contributed by atoms with Crippen LogP contribution in [0.3, 0.4) is 0 Å². The molecule has 0 amide bonds.